The maximum atomic E-state index is 12.1. The van der Waals surface area contributed by atoms with Crippen LogP contribution in [0.4, 0.5) is 0 Å². The molecule has 3 nitrogen and oxygen atoms in total. The summed E-state index contributed by atoms with van der Waals surface area (Å²) in [6.07, 6.45) is 0. The highest BCUT2D eigenvalue weighted by Gasteiger charge is 2.17. The maximum Gasteiger partial charge on any atom is 0.252 e. The van der Waals surface area contributed by atoms with Crippen molar-refractivity contribution in [1.82, 2.24) is 5.32 Å². The molecular weight excluding hydrogens is 329 g/mol. The van der Waals surface area contributed by atoms with E-state index in [2.05, 4.69) is 27.9 Å². The summed E-state index contributed by atoms with van der Waals surface area (Å²) in [5.74, 6) is -0.0210. The lowest BCUT2D eigenvalue weighted by molar-refractivity contribution is 0.0915. The minimum absolute atomic E-state index is 0.0381. The van der Waals surface area contributed by atoms with Crippen LogP contribution in [0.1, 0.15) is 29.8 Å². The lowest BCUT2D eigenvalue weighted by Gasteiger charge is -2.19. The normalized spacial score (nSPS) is 14.2. The van der Waals surface area contributed by atoms with Crippen LogP contribution in [0.3, 0.4) is 0 Å². The molecule has 0 saturated heterocycles. The quantitative estimate of drug-likeness (QED) is 0.822. The Kier molecular flexibility index (Phi) is 5.39. The second kappa shape index (κ2) is 6.35. The van der Waals surface area contributed by atoms with Crippen molar-refractivity contribution in [3.8, 4) is 0 Å². The highest BCUT2D eigenvalue weighted by Crippen LogP contribution is 2.17. The van der Waals surface area contributed by atoms with E-state index in [1.807, 2.05) is 39.0 Å². The van der Waals surface area contributed by atoms with Crippen LogP contribution in [0.5, 0.6) is 0 Å². The first kappa shape index (κ1) is 14.4. The zero-order chi connectivity index (χ0) is 13.0. The Morgan fingerprint density at radius 3 is 2.71 bits per heavy atom. The van der Waals surface area contributed by atoms with Crippen molar-refractivity contribution in [3.63, 3.8) is 0 Å². The van der Waals surface area contributed by atoms with Gasteiger partial charge in [-0.1, -0.05) is 19.1 Å². The van der Waals surface area contributed by atoms with Crippen LogP contribution in [0.15, 0.2) is 18.2 Å². The first-order chi connectivity index (χ1) is 7.97. The molecule has 0 bridgehead atoms. The number of hydrogen-bond acceptors (Lipinski definition) is 2. The van der Waals surface area contributed by atoms with Gasteiger partial charge in [0.25, 0.3) is 5.91 Å². The monoisotopic (exact) mass is 347 g/mol. The number of hydrogen-bond donors (Lipinski definition) is 2. The van der Waals surface area contributed by atoms with Gasteiger partial charge in [0.05, 0.1) is 5.56 Å². The molecule has 1 amide bonds. The summed E-state index contributed by atoms with van der Waals surface area (Å²) in [5, 5.41) is 11.9. The van der Waals surface area contributed by atoms with Gasteiger partial charge in [0.15, 0.2) is 0 Å². The number of aliphatic hydroxyl groups excluding tert-OH is 1. The van der Waals surface area contributed by atoms with Gasteiger partial charge in [-0.05, 0) is 54.0 Å². The zero-order valence-electron chi connectivity index (χ0n) is 10.3. The number of rotatable bonds is 4. The van der Waals surface area contributed by atoms with Gasteiger partial charge in [0.1, 0.15) is 0 Å². The van der Waals surface area contributed by atoms with E-state index in [-0.39, 0.29) is 24.5 Å². The van der Waals surface area contributed by atoms with E-state index in [0.717, 1.165) is 9.13 Å². The molecule has 0 saturated carbocycles. The summed E-state index contributed by atoms with van der Waals surface area (Å²) < 4.78 is 0.978. The number of carbonyl (C=O) groups is 1. The molecule has 1 aromatic carbocycles. The summed E-state index contributed by atoms with van der Waals surface area (Å²) in [6.45, 7) is 5.87. The number of amides is 1. The average molecular weight is 347 g/mol. The molecule has 0 aromatic heterocycles. The van der Waals surface area contributed by atoms with E-state index in [1.54, 1.807) is 0 Å². The minimum Gasteiger partial charge on any atom is -0.396 e. The molecule has 4 heteroatoms. The highest BCUT2D eigenvalue weighted by molar-refractivity contribution is 14.1. The molecule has 0 aliphatic carbocycles. The summed E-state index contributed by atoms with van der Waals surface area (Å²) in [5.41, 5.74) is 1.80. The summed E-state index contributed by atoms with van der Waals surface area (Å²) >= 11 is 2.18. The van der Waals surface area contributed by atoms with Gasteiger partial charge < -0.3 is 10.4 Å². The molecule has 1 rings (SSSR count). The fourth-order valence-electron chi connectivity index (χ4n) is 1.41. The van der Waals surface area contributed by atoms with Gasteiger partial charge in [-0.3, -0.25) is 4.79 Å². The van der Waals surface area contributed by atoms with Crippen LogP contribution in [0.25, 0.3) is 0 Å². The summed E-state index contributed by atoms with van der Waals surface area (Å²) in [4.78, 5) is 12.1. The van der Waals surface area contributed by atoms with Crippen LogP contribution in [-0.4, -0.2) is 23.7 Å². The number of aryl methyl sites for hydroxylation is 1. The topological polar surface area (TPSA) is 49.3 Å². The van der Waals surface area contributed by atoms with Crippen molar-refractivity contribution in [2.24, 2.45) is 5.92 Å². The van der Waals surface area contributed by atoms with Gasteiger partial charge in [0, 0.05) is 16.2 Å². The Bertz CT molecular complexity index is 406. The molecule has 0 aliphatic heterocycles. The number of benzene rings is 1. The van der Waals surface area contributed by atoms with Crippen LogP contribution >= 0.6 is 22.6 Å². The highest BCUT2D eigenvalue weighted by atomic mass is 127. The Hall–Kier alpha value is -0.620. The zero-order valence-corrected chi connectivity index (χ0v) is 12.5. The molecule has 0 aliphatic rings. The fourth-order valence-corrected chi connectivity index (χ4v) is 2.01. The van der Waals surface area contributed by atoms with Gasteiger partial charge in [-0.25, -0.2) is 0 Å². The van der Waals surface area contributed by atoms with E-state index in [0.29, 0.717) is 5.56 Å². The average Bonchev–Trinajstić information content (AvgIpc) is 2.31. The molecule has 17 heavy (non-hydrogen) atoms. The number of aliphatic hydroxyl groups is 1. The van der Waals surface area contributed by atoms with E-state index in [9.17, 15) is 4.79 Å². The standard InChI is InChI=1S/C13H18INO2/c1-8-5-4-6-11(12(8)14)13(17)15-10(3)9(2)7-16/h4-6,9-10,16H,7H2,1-3H3,(H,15,17). The Balaban J connectivity index is 2.80. The first-order valence-electron chi connectivity index (χ1n) is 5.64. The van der Waals surface area contributed by atoms with Crippen LogP contribution < -0.4 is 5.32 Å². The van der Waals surface area contributed by atoms with Crippen molar-refractivity contribution in [3.05, 3.63) is 32.9 Å². The second-order valence-corrected chi connectivity index (χ2v) is 5.44. The maximum absolute atomic E-state index is 12.1. The molecule has 2 unspecified atom stereocenters. The van der Waals surface area contributed by atoms with Crippen molar-refractivity contribution in [1.29, 1.82) is 0 Å². The molecule has 0 radical (unpaired) electrons. The van der Waals surface area contributed by atoms with Gasteiger partial charge >= 0.3 is 0 Å². The van der Waals surface area contributed by atoms with Crippen molar-refractivity contribution < 1.29 is 9.90 Å². The lowest BCUT2D eigenvalue weighted by atomic mass is 10.0. The Morgan fingerprint density at radius 2 is 2.12 bits per heavy atom. The van der Waals surface area contributed by atoms with Gasteiger partial charge in [0.2, 0.25) is 0 Å². The smallest absolute Gasteiger partial charge is 0.252 e. The minimum atomic E-state index is -0.0779. The van der Waals surface area contributed by atoms with Crippen LogP contribution in [-0.2, 0) is 0 Å². The molecule has 0 fully saturated rings. The predicted octanol–water partition coefficient (Wildman–Crippen LogP) is 2.35. The van der Waals surface area contributed by atoms with Crippen LogP contribution in [0, 0.1) is 16.4 Å². The third kappa shape index (κ3) is 3.67. The van der Waals surface area contributed by atoms with Gasteiger partial charge in [-0.15, -0.1) is 0 Å². The van der Waals surface area contributed by atoms with Crippen molar-refractivity contribution in [2.75, 3.05) is 6.61 Å². The molecule has 2 N–H and O–H groups in total. The van der Waals surface area contributed by atoms with E-state index < -0.39 is 0 Å². The second-order valence-electron chi connectivity index (χ2n) is 4.36. The van der Waals surface area contributed by atoms with Gasteiger partial charge in [-0.2, -0.15) is 0 Å². The lowest BCUT2D eigenvalue weighted by Crippen LogP contribution is -2.38. The third-order valence-corrected chi connectivity index (χ3v) is 4.37. The van der Waals surface area contributed by atoms with Crippen molar-refractivity contribution in [2.45, 2.75) is 26.8 Å². The van der Waals surface area contributed by atoms with E-state index >= 15 is 0 Å². The molecule has 2 atom stereocenters. The first-order valence-corrected chi connectivity index (χ1v) is 6.72. The number of carbonyl (C=O) groups excluding carboxylic acids is 1. The molecule has 1 aromatic rings. The summed E-state index contributed by atoms with van der Waals surface area (Å²) in [6, 6.07) is 5.65. The largest absolute Gasteiger partial charge is 0.396 e. The van der Waals surface area contributed by atoms with Crippen LogP contribution in [0.2, 0.25) is 0 Å². The number of halogens is 1. The molecule has 94 valence electrons. The van der Waals surface area contributed by atoms with E-state index in [1.165, 1.54) is 0 Å². The molecule has 0 spiro atoms. The fraction of sp³-hybridized carbons (Fsp3) is 0.462. The number of nitrogens with one attached hydrogen (secondary N) is 1. The molecule has 0 heterocycles. The third-order valence-electron chi connectivity index (χ3n) is 2.94. The Labute approximate surface area is 116 Å². The predicted molar refractivity (Wildman–Crippen MR) is 77.1 cm³/mol. The summed E-state index contributed by atoms with van der Waals surface area (Å²) in [7, 11) is 0. The SMILES string of the molecule is Cc1cccc(C(=O)NC(C)C(C)CO)c1I. The van der Waals surface area contributed by atoms with E-state index in [4.69, 9.17) is 5.11 Å². The Morgan fingerprint density at radius 1 is 1.47 bits per heavy atom. The molecular formula is C13H18INO2. The van der Waals surface area contributed by atoms with Crippen molar-refractivity contribution >= 4 is 28.5 Å².